The van der Waals surface area contributed by atoms with Gasteiger partial charge in [-0.15, -0.1) is 0 Å². The van der Waals surface area contributed by atoms with Crippen LogP contribution in [0.25, 0.3) is 0 Å². The Hall–Kier alpha value is -1.39. The number of aromatic carboxylic acids is 1. The molecule has 0 amide bonds. The van der Waals surface area contributed by atoms with E-state index in [-0.39, 0.29) is 6.04 Å². The minimum absolute atomic E-state index is 0.252. The number of methoxy groups -OCH3 is 1. The summed E-state index contributed by atoms with van der Waals surface area (Å²) in [5, 5.41) is 12.3. The Balaban J connectivity index is 2.65. The monoisotopic (exact) mass is 237 g/mol. The Labute approximate surface area is 102 Å². The first-order chi connectivity index (χ1) is 8.19. The summed E-state index contributed by atoms with van der Waals surface area (Å²) in [6, 6.07) is 7.29. The van der Waals surface area contributed by atoms with Crippen molar-refractivity contribution >= 4 is 5.97 Å². The van der Waals surface area contributed by atoms with E-state index in [1.165, 1.54) is 0 Å². The van der Waals surface area contributed by atoms with Gasteiger partial charge < -0.3 is 15.2 Å². The van der Waals surface area contributed by atoms with Gasteiger partial charge in [0.2, 0.25) is 0 Å². The van der Waals surface area contributed by atoms with Crippen molar-refractivity contribution < 1.29 is 14.6 Å². The van der Waals surface area contributed by atoms with Crippen molar-refractivity contribution in [3.8, 4) is 0 Å². The van der Waals surface area contributed by atoms with Crippen LogP contribution in [0.1, 0.15) is 29.3 Å². The summed E-state index contributed by atoms with van der Waals surface area (Å²) in [4.78, 5) is 11.0. The lowest BCUT2D eigenvalue weighted by Crippen LogP contribution is -2.32. The van der Waals surface area contributed by atoms with Crippen LogP contribution < -0.4 is 5.32 Å². The summed E-state index contributed by atoms with van der Waals surface area (Å²) in [5.74, 6) is -0.887. The third-order valence-corrected chi connectivity index (χ3v) is 2.69. The standard InChI is InChI=1S/C13H19NO3/c1-3-11(9-17-2)14-8-10-6-4-5-7-12(10)13(15)16/h4-7,11,14H,3,8-9H2,1-2H3,(H,15,16). The topological polar surface area (TPSA) is 58.6 Å². The Morgan fingerprint density at radius 1 is 1.47 bits per heavy atom. The molecule has 0 saturated heterocycles. The van der Waals surface area contributed by atoms with Gasteiger partial charge >= 0.3 is 5.97 Å². The molecule has 1 aromatic rings. The normalized spacial score (nSPS) is 12.4. The molecule has 1 rings (SSSR count). The molecule has 2 N–H and O–H groups in total. The number of carboxylic acids is 1. The molecule has 0 aromatic heterocycles. The van der Waals surface area contributed by atoms with Crippen LogP contribution in [-0.4, -0.2) is 30.8 Å². The molecule has 0 spiro atoms. The smallest absolute Gasteiger partial charge is 0.336 e. The van der Waals surface area contributed by atoms with Crippen molar-refractivity contribution in [1.82, 2.24) is 5.32 Å². The summed E-state index contributed by atoms with van der Waals surface area (Å²) in [7, 11) is 1.66. The third-order valence-electron chi connectivity index (χ3n) is 2.69. The van der Waals surface area contributed by atoms with Gasteiger partial charge in [0.1, 0.15) is 0 Å². The first-order valence-electron chi connectivity index (χ1n) is 5.72. The van der Waals surface area contributed by atoms with Crippen molar-refractivity contribution in [2.75, 3.05) is 13.7 Å². The number of rotatable bonds is 7. The lowest BCUT2D eigenvalue weighted by atomic mass is 10.1. The van der Waals surface area contributed by atoms with Crippen LogP contribution in [0, 0.1) is 0 Å². The van der Waals surface area contributed by atoms with Gasteiger partial charge in [-0.2, -0.15) is 0 Å². The van der Waals surface area contributed by atoms with Gasteiger partial charge in [0, 0.05) is 19.7 Å². The Morgan fingerprint density at radius 2 is 2.18 bits per heavy atom. The number of benzene rings is 1. The zero-order valence-electron chi connectivity index (χ0n) is 10.3. The largest absolute Gasteiger partial charge is 0.478 e. The molecular formula is C13H19NO3. The fourth-order valence-electron chi connectivity index (χ4n) is 1.66. The van der Waals surface area contributed by atoms with Crippen LogP contribution in [-0.2, 0) is 11.3 Å². The van der Waals surface area contributed by atoms with E-state index in [4.69, 9.17) is 9.84 Å². The molecular weight excluding hydrogens is 218 g/mol. The van der Waals surface area contributed by atoms with Crippen LogP contribution in [0.2, 0.25) is 0 Å². The molecule has 0 aliphatic rings. The van der Waals surface area contributed by atoms with Gasteiger partial charge in [-0.05, 0) is 18.1 Å². The van der Waals surface area contributed by atoms with Crippen LogP contribution in [0.15, 0.2) is 24.3 Å². The van der Waals surface area contributed by atoms with Gasteiger partial charge in [0.25, 0.3) is 0 Å². The van der Waals surface area contributed by atoms with E-state index in [0.717, 1.165) is 12.0 Å². The molecule has 0 bridgehead atoms. The van der Waals surface area contributed by atoms with E-state index in [0.29, 0.717) is 18.7 Å². The number of carboxylic acid groups (broad SMARTS) is 1. The van der Waals surface area contributed by atoms with Gasteiger partial charge in [0.15, 0.2) is 0 Å². The van der Waals surface area contributed by atoms with E-state index >= 15 is 0 Å². The second kappa shape index (κ2) is 7.04. The van der Waals surface area contributed by atoms with Gasteiger partial charge in [-0.1, -0.05) is 25.1 Å². The molecule has 0 heterocycles. The Kier molecular flexibility index (Phi) is 5.66. The number of hydrogen-bond acceptors (Lipinski definition) is 3. The molecule has 4 heteroatoms. The van der Waals surface area contributed by atoms with Crippen molar-refractivity contribution in [3.05, 3.63) is 35.4 Å². The maximum atomic E-state index is 11.0. The average molecular weight is 237 g/mol. The molecule has 0 radical (unpaired) electrons. The SMILES string of the molecule is CCC(COC)NCc1ccccc1C(=O)O. The number of hydrogen-bond donors (Lipinski definition) is 2. The molecule has 1 unspecified atom stereocenters. The Bertz CT molecular complexity index is 365. The highest BCUT2D eigenvalue weighted by Gasteiger charge is 2.10. The van der Waals surface area contributed by atoms with Crippen molar-refractivity contribution in [3.63, 3.8) is 0 Å². The molecule has 0 saturated carbocycles. The first-order valence-corrected chi connectivity index (χ1v) is 5.72. The van der Waals surface area contributed by atoms with E-state index in [9.17, 15) is 4.79 Å². The highest BCUT2D eigenvalue weighted by Crippen LogP contribution is 2.09. The molecule has 94 valence electrons. The highest BCUT2D eigenvalue weighted by molar-refractivity contribution is 5.89. The van der Waals surface area contributed by atoms with Crippen molar-refractivity contribution in [2.24, 2.45) is 0 Å². The molecule has 0 aliphatic heterocycles. The summed E-state index contributed by atoms with van der Waals surface area (Å²) in [6.45, 7) is 3.25. The van der Waals surface area contributed by atoms with Crippen LogP contribution in [0.5, 0.6) is 0 Å². The maximum Gasteiger partial charge on any atom is 0.336 e. The summed E-state index contributed by atoms with van der Waals surface area (Å²) in [6.07, 6.45) is 0.947. The second-order valence-corrected chi connectivity index (χ2v) is 3.90. The fourth-order valence-corrected chi connectivity index (χ4v) is 1.66. The predicted molar refractivity (Wildman–Crippen MR) is 66.2 cm³/mol. The van der Waals surface area contributed by atoms with Gasteiger partial charge in [-0.25, -0.2) is 4.79 Å². The minimum atomic E-state index is -0.887. The summed E-state index contributed by atoms with van der Waals surface area (Å²) in [5.41, 5.74) is 1.15. The molecule has 0 fully saturated rings. The van der Waals surface area contributed by atoms with E-state index in [1.807, 2.05) is 12.1 Å². The number of nitrogens with one attached hydrogen (secondary N) is 1. The predicted octanol–water partition coefficient (Wildman–Crippen LogP) is 1.90. The van der Waals surface area contributed by atoms with E-state index < -0.39 is 5.97 Å². The number of ether oxygens (including phenoxy) is 1. The lowest BCUT2D eigenvalue weighted by Gasteiger charge is -2.16. The van der Waals surface area contributed by atoms with E-state index in [2.05, 4.69) is 12.2 Å². The van der Waals surface area contributed by atoms with Gasteiger partial charge in [-0.3, -0.25) is 0 Å². The zero-order valence-corrected chi connectivity index (χ0v) is 10.3. The molecule has 0 aliphatic carbocycles. The van der Waals surface area contributed by atoms with Crippen molar-refractivity contribution in [1.29, 1.82) is 0 Å². The quantitative estimate of drug-likeness (QED) is 0.760. The molecule has 1 aromatic carbocycles. The maximum absolute atomic E-state index is 11.0. The van der Waals surface area contributed by atoms with Crippen LogP contribution in [0.3, 0.4) is 0 Å². The minimum Gasteiger partial charge on any atom is -0.478 e. The third kappa shape index (κ3) is 4.17. The average Bonchev–Trinajstić information content (AvgIpc) is 2.34. The van der Waals surface area contributed by atoms with Crippen molar-refractivity contribution in [2.45, 2.75) is 25.9 Å². The molecule has 1 atom stereocenters. The molecule has 17 heavy (non-hydrogen) atoms. The summed E-state index contributed by atoms with van der Waals surface area (Å²) >= 11 is 0. The lowest BCUT2D eigenvalue weighted by molar-refractivity contribution is 0.0695. The van der Waals surface area contributed by atoms with Gasteiger partial charge in [0.05, 0.1) is 12.2 Å². The Morgan fingerprint density at radius 3 is 2.76 bits per heavy atom. The van der Waals surface area contributed by atoms with E-state index in [1.54, 1.807) is 19.2 Å². The fraction of sp³-hybridized carbons (Fsp3) is 0.462. The molecule has 4 nitrogen and oxygen atoms in total. The summed E-state index contributed by atoms with van der Waals surface area (Å²) < 4.78 is 5.08. The van der Waals surface area contributed by atoms with Crippen LogP contribution in [0.4, 0.5) is 0 Å². The highest BCUT2D eigenvalue weighted by atomic mass is 16.5. The zero-order chi connectivity index (χ0) is 12.7. The van der Waals surface area contributed by atoms with Crippen LogP contribution >= 0.6 is 0 Å². The first kappa shape index (κ1) is 13.7. The number of carbonyl (C=O) groups is 1. The second-order valence-electron chi connectivity index (χ2n) is 3.90.